The van der Waals surface area contributed by atoms with Crippen LogP contribution in [0.15, 0.2) is 30.3 Å². The van der Waals surface area contributed by atoms with Crippen LogP contribution in [0, 0.1) is 18.6 Å². The highest BCUT2D eigenvalue weighted by Gasteiger charge is 2.22. The molecule has 21 heavy (non-hydrogen) atoms. The van der Waals surface area contributed by atoms with Crippen LogP contribution in [0.1, 0.15) is 21.5 Å². The van der Waals surface area contributed by atoms with Crippen molar-refractivity contribution in [1.29, 1.82) is 0 Å². The molecule has 5 heteroatoms. The first-order valence-corrected chi connectivity index (χ1v) is 7.47. The average molecular weight is 355 g/mol. The molecule has 0 bridgehead atoms. The largest absolute Gasteiger partial charge is 0.486 e. The number of ether oxygens (including phenoxy) is 2. The molecule has 0 N–H and O–H groups in total. The summed E-state index contributed by atoms with van der Waals surface area (Å²) >= 11 is 3.38. The van der Waals surface area contributed by atoms with E-state index in [0.29, 0.717) is 35.8 Å². The summed E-state index contributed by atoms with van der Waals surface area (Å²) in [5, 5.41) is 0. The molecule has 0 radical (unpaired) electrons. The Kier molecular flexibility index (Phi) is 3.85. The normalized spacial score (nSPS) is 14.9. The summed E-state index contributed by atoms with van der Waals surface area (Å²) in [6.45, 7) is 2.59. The van der Waals surface area contributed by atoms with E-state index >= 15 is 0 Å². The van der Waals surface area contributed by atoms with Gasteiger partial charge < -0.3 is 9.47 Å². The van der Waals surface area contributed by atoms with Crippen molar-refractivity contribution in [3.8, 4) is 11.5 Å². The van der Waals surface area contributed by atoms with Gasteiger partial charge in [0.15, 0.2) is 11.5 Å². The van der Waals surface area contributed by atoms with Gasteiger partial charge in [-0.1, -0.05) is 28.1 Å². The van der Waals surface area contributed by atoms with E-state index in [1.807, 2.05) is 0 Å². The summed E-state index contributed by atoms with van der Waals surface area (Å²) in [5.41, 5.74) is 1.13. The van der Waals surface area contributed by atoms with Crippen LogP contribution in [0.3, 0.4) is 0 Å². The van der Waals surface area contributed by atoms with Gasteiger partial charge >= 0.3 is 0 Å². The van der Waals surface area contributed by atoms with Crippen LogP contribution in [-0.2, 0) is 0 Å². The number of benzene rings is 2. The lowest BCUT2D eigenvalue weighted by Crippen LogP contribution is -2.15. The van der Waals surface area contributed by atoms with Crippen molar-refractivity contribution in [1.82, 2.24) is 0 Å². The summed E-state index contributed by atoms with van der Waals surface area (Å²) in [7, 11) is 0. The molecule has 3 rings (SSSR count). The van der Waals surface area contributed by atoms with E-state index < -0.39 is 16.5 Å². The maximum Gasteiger partial charge on any atom is 0.161 e. The average Bonchev–Trinajstić information content (AvgIpc) is 2.51. The van der Waals surface area contributed by atoms with Crippen LogP contribution in [0.25, 0.3) is 0 Å². The molecule has 0 aliphatic carbocycles. The number of halogens is 3. The monoisotopic (exact) mass is 354 g/mol. The van der Waals surface area contributed by atoms with E-state index in [0.717, 1.165) is 0 Å². The second kappa shape index (κ2) is 5.64. The van der Waals surface area contributed by atoms with E-state index in [1.54, 1.807) is 25.1 Å². The quantitative estimate of drug-likeness (QED) is 0.737. The van der Waals surface area contributed by atoms with Crippen LogP contribution >= 0.6 is 15.9 Å². The molecular formula is C16H13BrF2O2. The van der Waals surface area contributed by atoms with Gasteiger partial charge in [0.25, 0.3) is 0 Å². The first-order valence-electron chi connectivity index (χ1n) is 6.56. The van der Waals surface area contributed by atoms with E-state index in [9.17, 15) is 8.78 Å². The van der Waals surface area contributed by atoms with Gasteiger partial charge in [-0.05, 0) is 36.2 Å². The summed E-state index contributed by atoms with van der Waals surface area (Å²) in [5.74, 6) is 0.133. The van der Waals surface area contributed by atoms with E-state index in [-0.39, 0.29) is 5.56 Å². The van der Waals surface area contributed by atoms with E-state index in [1.165, 1.54) is 12.1 Å². The Bertz CT molecular complexity index is 688. The number of aryl methyl sites for hydroxylation is 1. The zero-order valence-corrected chi connectivity index (χ0v) is 12.9. The topological polar surface area (TPSA) is 18.5 Å². The Morgan fingerprint density at radius 2 is 1.76 bits per heavy atom. The van der Waals surface area contributed by atoms with Crippen molar-refractivity contribution in [2.75, 3.05) is 13.2 Å². The molecule has 2 aromatic rings. The predicted molar refractivity (Wildman–Crippen MR) is 79.3 cm³/mol. The molecule has 1 heterocycles. The van der Waals surface area contributed by atoms with Gasteiger partial charge in [-0.25, -0.2) is 8.78 Å². The van der Waals surface area contributed by atoms with Crippen molar-refractivity contribution < 1.29 is 18.3 Å². The van der Waals surface area contributed by atoms with Crippen molar-refractivity contribution in [2.24, 2.45) is 0 Å². The molecule has 1 atom stereocenters. The van der Waals surface area contributed by atoms with Gasteiger partial charge in [0, 0.05) is 5.56 Å². The smallest absolute Gasteiger partial charge is 0.161 e. The van der Waals surface area contributed by atoms with Gasteiger partial charge in [0.1, 0.15) is 24.8 Å². The fraction of sp³-hybridized carbons (Fsp3) is 0.250. The minimum absolute atomic E-state index is 0.00618. The summed E-state index contributed by atoms with van der Waals surface area (Å²) in [6.07, 6.45) is 0. The third-order valence-corrected chi connectivity index (χ3v) is 4.42. The number of alkyl halides is 1. The third kappa shape index (κ3) is 2.62. The third-order valence-electron chi connectivity index (χ3n) is 3.43. The summed E-state index contributed by atoms with van der Waals surface area (Å²) in [4.78, 5) is -0.590. The zero-order chi connectivity index (χ0) is 15.0. The number of fused-ring (bicyclic) bond motifs is 1. The Hall–Kier alpha value is -1.62. The fourth-order valence-corrected chi connectivity index (χ4v) is 3.00. The molecule has 0 saturated heterocycles. The van der Waals surface area contributed by atoms with Gasteiger partial charge in [0.05, 0.1) is 4.83 Å². The lowest BCUT2D eigenvalue weighted by molar-refractivity contribution is 0.171. The summed E-state index contributed by atoms with van der Waals surface area (Å²) in [6, 6.07) is 7.98. The molecule has 1 unspecified atom stereocenters. The van der Waals surface area contributed by atoms with Gasteiger partial charge in [0.2, 0.25) is 0 Å². The van der Waals surface area contributed by atoms with Crippen molar-refractivity contribution in [3.05, 3.63) is 58.7 Å². The Balaban J connectivity index is 2.03. The highest BCUT2D eigenvalue weighted by Crippen LogP contribution is 2.39. The Morgan fingerprint density at radius 3 is 2.52 bits per heavy atom. The first-order chi connectivity index (χ1) is 10.1. The van der Waals surface area contributed by atoms with E-state index in [2.05, 4.69) is 15.9 Å². The predicted octanol–water partition coefficient (Wildman–Crippen LogP) is 4.53. The second-order valence-electron chi connectivity index (χ2n) is 4.86. The Labute approximate surface area is 129 Å². The molecule has 0 spiro atoms. The molecule has 0 fully saturated rings. The lowest BCUT2D eigenvalue weighted by Gasteiger charge is -2.20. The molecular weight excluding hydrogens is 342 g/mol. The minimum atomic E-state index is -0.590. The number of hydrogen-bond acceptors (Lipinski definition) is 2. The van der Waals surface area contributed by atoms with Gasteiger partial charge in [-0.3, -0.25) is 0 Å². The number of rotatable bonds is 2. The van der Waals surface area contributed by atoms with E-state index in [4.69, 9.17) is 9.47 Å². The van der Waals surface area contributed by atoms with Gasteiger partial charge in [-0.15, -0.1) is 0 Å². The molecule has 0 amide bonds. The van der Waals surface area contributed by atoms with Crippen LogP contribution in [0.5, 0.6) is 11.5 Å². The van der Waals surface area contributed by atoms with Crippen LogP contribution in [0.4, 0.5) is 8.78 Å². The second-order valence-corrected chi connectivity index (χ2v) is 5.77. The van der Waals surface area contributed by atoms with Crippen molar-refractivity contribution in [2.45, 2.75) is 11.8 Å². The SMILES string of the molecule is Cc1ccc(F)c(C(Br)c2ccc3c(c2)OCCO3)c1F. The maximum absolute atomic E-state index is 14.2. The molecule has 0 aromatic heterocycles. The van der Waals surface area contributed by atoms with Crippen LogP contribution in [0.2, 0.25) is 0 Å². The molecule has 1 aliphatic heterocycles. The van der Waals surface area contributed by atoms with Crippen LogP contribution < -0.4 is 9.47 Å². The molecule has 0 saturated carbocycles. The molecule has 2 nitrogen and oxygen atoms in total. The zero-order valence-electron chi connectivity index (χ0n) is 11.3. The fourth-order valence-electron chi connectivity index (χ4n) is 2.29. The highest BCUT2D eigenvalue weighted by atomic mass is 79.9. The van der Waals surface area contributed by atoms with Crippen LogP contribution in [-0.4, -0.2) is 13.2 Å². The summed E-state index contributed by atoms with van der Waals surface area (Å²) < 4.78 is 39.1. The standard InChI is InChI=1S/C16H13BrF2O2/c1-9-2-4-11(18)14(16(9)19)15(17)10-3-5-12-13(8-10)21-7-6-20-12/h2-5,8,15H,6-7H2,1H3. The molecule has 110 valence electrons. The minimum Gasteiger partial charge on any atom is -0.486 e. The Morgan fingerprint density at radius 1 is 1.05 bits per heavy atom. The highest BCUT2D eigenvalue weighted by molar-refractivity contribution is 9.09. The van der Waals surface area contributed by atoms with Crippen molar-refractivity contribution >= 4 is 15.9 Å². The maximum atomic E-state index is 14.2. The lowest BCUT2D eigenvalue weighted by atomic mass is 10.0. The molecule has 1 aliphatic rings. The molecule has 2 aromatic carbocycles. The van der Waals surface area contributed by atoms with Gasteiger partial charge in [-0.2, -0.15) is 0 Å². The first kappa shape index (κ1) is 14.3. The number of hydrogen-bond donors (Lipinski definition) is 0. The van der Waals surface area contributed by atoms with Crippen molar-refractivity contribution in [3.63, 3.8) is 0 Å².